The first-order chi connectivity index (χ1) is 15.8. The summed E-state index contributed by atoms with van der Waals surface area (Å²) >= 11 is 0. The standard InChI is InChI=1S/C25H28N4O4/c1-15(2)10-21-13-20(11-16(3)26-21)24-27-23(28-33-24)18-6-4-17(5-7-18)12-22(30)29-9-8-19(14-29)25(31)32/h4-7,11,13,15,19H,8-10,12,14H2,1-3H3,(H,31,32)/t19-/m0/s1. The number of pyridine rings is 1. The Bertz CT molecular complexity index is 1150. The number of hydrogen-bond donors (Lipinski definition) is 1. The van der Waals surface area contributed by atoms with E-state index in [1.807, 2.05) is 43.3 Å². The van der Waals surface area contributed by atoms with Gasteiger partial charge in [-0.15, -0.1) is 0 Å². The molecule has 1 aliphatic rings. The molecule has 3 aromatic rings. The van der Waals surface area contributed by atoms with Crippen LogP contribution < -0.4 is 0 Å². The van der Waals surface area contributed by atoms with Gasteiger partial charge in [-0.25, -0.2) is 0 Å². The number of likely N-dealkylation sites (tertiary alicyclic amines) is 1. The fourth-order valence-corrected chi connectivity index (χ4v) is 4.09. The molecule has 1 saturated heterocycles. The van der Waals surface area contributed by atoms with E-state index in [2.05, 4.69) is 29.0 Å². The normalized spacial score (nSPS) is 15.9. The molecule has 1 aliphatic heterocycles. The smallest absolute Gasteiger partial charge is 0.308 e. The highest BCUT2D eigenvalue weighted by Crippen LogP contribution is 2.25. The van der Waals surface area contributed by atoms with Crippen LogP contribution in [-0.4, -0.2) is 50.1 Å². The van der Waals surface area contributed by atoms with Gasteiger partial charge in [0.05, 0.1) is 12.3 Å². The van der Waals surface area contributed by atoms with Crippen molar-refractivity contribution in [3.8, 4) is 22.8 Å². The number of carbonyl (C=O) groups excluding carboxylic acids is 1. The number of hydrogen-bond acceptors (Lipinski definition) is 6. The molecule has 0 unspecified atom stereocenters. The number of nitrogens with zero attached hydrogens (tertiary/aromatic N) is 4. The summed E-state index contributed by atoms with van der Waals surface area (Å²) in [5.41, 5.74) is 4.41. The van der Waals surface area contributed by atoms with Crippen LogP contribution in [0.15, 0.2) is 40.9 Å². The number of aliphatic carboxylic acids is 1. The molecule has 8 heteroatoms. The van der Waals surface area contributed by atoms with Gasteiger partial charge in [-0.3, -0.25) is 14.6 Å². The van der Waals surface area contributed by atoms with Crippen LogP contribution in [0.2, 0.25) is 0 Å². The SMILES string of the molecule is Cc1cc(-c2nc(-c3ccc(CC(=O)N4CC[C@H](C(=O)O)C4)cc3)no2)cc(CC(C)C)n1. The molecule has 1 N–H and O–H groups in total. The van der Waals surface area contributed by atoms with E-state index in [1.165, 1.54) is 0 Å². The maximum atomic E-state index is 12.5. The molecular formula is C25H28N4O4. The van der Waals surface area contributed by atoms with Gasteiger partial charge in [0.2, 0.25) is 11.7 Å². The first kappa shape index (κ1) is 22.6. The largest absolute Gasteiger partial charge is 0.481 e. The molecule has 1 atom stereocenters. The van der Waals surface area contributed by atoms with Gasteiger partial charge in [-0.1, -0.05) is 43.3 Å². The molecule has 0 spiro atoms. The topological polar surface area (TPSA) is 109 Å². The average molecular weight is 449 g/mol. The lowest BCUT2D eigenvalue weighted by atomic mass is 10.1. The molecule has 8 nitrogen and oxygen atoms in total. The number of carboxylic acid groups (broad SMARTS) is 1. The quantitative estimate of drug-likeness (QED) is 0.586. The lowest BCUT2D eigenvalue weighted by Gasteiger charge is -2.15. The first-order valence-corrected chi connectivity index (χ1v) is 11.2. The first-order valence-electron chi connectivity index (χ1n) is 11.2. The molecule has 1 fully saturated rings. The summed E-state index contributed by atoms with van der Waals surface area (Å²) in [5.74, 6) is 0.0634. The highest BCUT2D eigenvalue weighted by Gasteiger charge is 2.30. The Morgan fingerprint density at radius 2 is 1.91 bits per heavy atom. The number of aryl methyl sites for hydroxylation is 1. The van der Waals surface area contributed by atoms with Gasteiger partial charge in [0, 0.05) is 35.6 Å². The van der Waals surface area contributed by atoms with Crippen molar-refractivity contribution in [1.29, 1.82) is 0 Å². The van der Waals surface area contributed by atoms with Crippen LogP contribution in [0.1, 0.15) is 37.2 Å². The van der Waals surface area contributed by atoms with Crippen molar-refractivity contribution in [2.75, 3.05) is 13.1 Å². The molecular weight excluding hydrogens is 420 g/mol. The Balaban J connectivity index is 1.44. The van der Waals surface area contributed by atoms with Gasteiger partial charge in [-0.2, -0.15) is 4.98 Å². The van der Waals surface area contributed by atoms with Crippen molar-refractivity contribution < 1.29 is 19.2 Å². The number of carboxylic acids is 1. The van der Waals surface area contributed by atoms with Gasteiger partial charge in [-0.05, 0) is 43.4 Å². The predicted molar refractivity (Wildman–Crippen MR) is 122 cm³/mol. The molecule has 4 rings (SSSR count). The third-order valence-corrected chi connectivity index (χ3v) is 5.75. The molecule has 0 saturated carbocycles. The maximum Gasteiger partial charge on any atom is 0.308 e. The molecule has 0 radical (unpaired) electrons. The summed E-state index contributed by atoms with van der Waals surface area (Å²) in [6.45, 7) is 7.04. The van der Waals surface area contributed by atoms with E-state index in [9.17, 15) is 9.59 Å². The summed E-state index contributed by atoms with van der Waals surface area (Å²) in [6.07, 6.45) is 1.62. The van der Waals surface area contributed by atoms with Crippen LogP contribution in [0, 0.1) is 18.8 Å². The zero-order valence-corrected chi connectivity index (χ0v) is 19.1. The third kappa shape index (κ3) is 5.45. The Labute approximate surface area is 192 Å². The fraction of sp³-hybridized carbons (Fsp3) is 0.400. The molecule has 172 valence electrons. The maximum absolute atomic E-state index is 12.5. The Morgan fingerprint density at radius 1 is 1.15 bits per heavy atom. The predicted octanol–water partition coefficient (Wildman–Crippen LogP) is 3.78. The second kappa shape index (κ2) is 9.52. The summed E-state index contributed by atoms with van der Waals surface area (Å²) < 4.78 is 5.51. The fourth-order valence-electron chi connectivity index (χ4n) is 4.09. The molecule has 1 aromatic carbocycles. The summed E-state index contributed by atoms with van der Waals surface area (Å²) in [7, 11) is 0. The monoisotopic (exact) mass is 448 g/mol. The van der Waals surface area contributed by atoms with Crippen molar-refractivity contribution in [2.45, 2.75) is 40.0 Å². The van der Waals surface area contributed by atoms with Crippen LogP contribution >= 0.6 is 0 Å². The molecule has 3 heterocycles. The van der Waals surface area contributed by atoms with Crippen molar-refractivity contribution in [3.05, 3.63) is 53.3 Å². The minimum atomic E-state index is -0.841. The zero-order valence-electron chi connectivity index (χ0n) is 19.1. The van der Waals surface area contributed by atoms with E-state index in [0.717, 1.165) is 34.5 Å². The lowest BCUT2D eigenvalue weighted by molar-refractivity contribution is -0.141. The van der Waals surface area contributed by atoms with Gasteiger partial charge in [0.15, 0.2) is 0 Å². The van der Waals surface area contributed by atoms with E-state index >= 15 is 0 Å². The van der Waals surface area contributed by atoms with Crippen LogP contribution in [0.25, 0.3) is 22.8 Å². The minimum absolute atomic E-state index is 0.0568. The van der Waals surface area contributed by atoms with Gasteiger partial charge in [0.25, 0.3) is 5.89 Å². The Morgan fingerprint density at radius 3 is 2.58 bits per heavy atom. The summed E-state index contributed by atoms with van der Waals surface area (Å²) in [5, 5.41) is 13.2. The Kier molecular flexibility index (Phi) is 6.53. The van der Waals surface area contributed by atoms with Gasteiger partial charge < -0.3 is 14.5 Å². The number of aromatic nitrogens is 3. The van der Waals surface area contributed by atoms with Crippen molar-refractivity contribution in [2.24, 2.45) is 11.8 Å². The summed E-state index contributed by atoms with van der Waals surface area (Å²) in [6, 6.07) is 11.4. The van der Waals surface area contributed by atoms with Crippen molar-refractivity contribution in [1.82, 2.24) is 20.0 Å². The molecule has 0 aliphatic carbocycles. The third-order valence-electron chi connectivity index (χ3n) is 5.75. The highest BCUT2D eigenvalue weighted by atomic mass is 16.5. The van der Waals surface area contributed by atoms with Gasteiger partial charge >= 0.3 is 5.97 Å². The average Bonchev–Trinajstić information content (AvgIpc) is 3.44. The number of amides is 1. The van der Waals surface area contributed by atoms with E-state index in [0.29, 0.717) is 30.6 Å². The second-order valence-corrected chi connectivity index (χ2v) is 9.05. The van der Waals surface area contributed by atoms with E-state index in [-0.39, 0.29) is 18.9 Å². The summed E-state index contributed by atoms with van der Waals surface area (Å²) in [4.78, 5) is 34.4. The van der Waals surface area contributed by atoms with Crippen LogP contribution in [0.3, 0.4) is 0 Å². The molecule has 1 amide bonds. The molecule has 2 aromatic heterocycles. The molecule has 0 bridgehead atoms. The number of benzene rings is 1. The highest BCUT2D eigenvalue weighted by molar-refractivity contribution is 5.81. The minimum Gasteiger partial charge on any atom is -0.481 e. The van der Waals surface area contributed by atoms with Crippen LogP contribution in [-0.2, 0) is 22.4 Å². The number of rotatable bonds is 7. The van der Waals surface area contributed by atoms with Crippen LogP contribution in [0.5, 0.6) is 0 Å². The van der Waals surface area contributed by atoms with Crippen molar-refractivity contribution >= 4 is 11.9 Å². The van der Waals surface area contributed by atoms with Crippen LogP contribution in [0.4, 0.5) is 0 Å². The van der Waals surface area contributed by atoms with Gasteiger partial charge in [0.1, 0.15) is 0 Å². The zero-order chi connectivity index (χ0) is 23.5. The molecule has 33 heavy (non-hydrogen) atoms. The number of carbonyl (C=O) groups is 2. The Hall–Kier alpha value is -3.55. The van der Waals surface area contributed by atoms with Crippen molar-refractivity contribution in [3.63, 3.8) is 0 Å². The second-order valence-electron chi connectivity index (χ2n) is 9.05. The lowest BCUT2D eigenvalue weighted by Crippen LogP contribution is -2.31. The van der Waals surface area contributed by atoms with E-state index < -0.39 is 11.9 Å². The van der Waals surface area contributed by atoms with E-state index in [4.69, 9.17) is 9.63 Å². The van der Waals surface area contributed by atoms with E-state index in [1.54, 1.807) is 4.90 Å².